The molecule has 0 saturated heterocycles. The molecule has 1 aliphatic heterocycles. The van der Waals surface area contributed by atoms with Gasteiger partial charge in [-0.2, -0.15) is 0 Å². The number of fused-ring (bicyclic) bond motifs is 1. The van der Waals surface area contributed by atoms with Crippen LogP contribution < -0.4 is 21.3 Å². The lowest BCUT2D eigenvalue weighted by Crippen LogP contribution is -2.53. The first kappa shape index (κ1) is 26.2. The summed E-state index contributed by atoms with van der Waals surface area (Å²) in [6, 6.07) is 22.9. The first-order chi connectivity index (χ1) is 18.9. The molecule has 1 unspecified atom stereocenters. The van der Waals surface area contributed by atoms with Crippen LogP contribution in [0.25, 0.3) is 11.1 Å². The van der Waals surface area contributed by atoms with Crippen molar-refractivity contribution in [2.75, 3.05) is 10.2 Å². The molecule has 0 saturated carbocycles. The summed E-state index contributed by atoms with van der Waals surface area (Å²) in [4.78, 5) is 35.6. The largest absolute Gasteiger partial charge is 0.343 e. The molecular weight excluding hydrogens is 488 g/mol. The Morgan fingerprint density at radius 3 is 2.56 bits per heavy atom. The molecule has 4 aromatic rings. The Morgan fingerprint density at radius 1 is 1.08 bits per heavy atom. The number of nitrogens with one attached hydrogen (secondary N) is 3. The monoisotopic (exact) mass is 522 g/mol. The lowest BCUT2D eigenvalue weighted by atomic mass is 10.0. The molecule has 1 aliphatic rings. The predicted molar refractivity (Wildman–Crippen MR) is 154 cm³/mol. The minimum Gasteiger partial charge on any atom is -0.343 e. The number of nitrogens with two attached hydrogens (primary N) is 1. The van der Waals surface area contributed by atoms with E-state index in [-0.39, 0.29) is 17.7 Å². The van der Waals surface area contributed by atoms with E-state index in [1.54, 1.807) is 17.3 Å². The Kier molecular flexibility index (Phi) is 7.74. The van der Waals surface area contributed by atoms with Crippen LogP contribution in [0.5, 0.6) is 0 Å². The molecule has 0 radical (unpaired) electrons. The summed E-state index contributed by atoms with van der Waals surface area (Å²) in [6.45, 7) is 4.19. The fourth-order valence-corrected chi connectivity index (χ4v) is 4.86. The van der Waals surface area contributed by atoms with E-state index in [1.807, 2.05) is 68.4 Å². The van der Waals surface area contributed by atoms with Gasteiger partial charge in [-0.3, -0.25) is 9.59 Å². The number of carbonyl (C=O) groups excluding carboxylic acids is 2. The Morgan fingerprint density at radius 2 is 1.82 bits per heavy atom. The highest BCUT2D eigenvalue weighted by Crippen LogP contribution is 2.32. The SMILES string of the molecule is CC(C)C(N)C(=O)N[C@@H]1CCc2ccccc2N(Cc2ccc(-c3ccccc3Nc3ncc[nH]3)cc2)C1=O. The average molecular weight is 523 g/mol. The van der Waals surface area contributed by atoms with Gasteiger partial charge in [-0.05, 0) is 47.6 Å². The molecule has 2 heterocycles. The highest BCUT2D eigenvalue weighted by Gasteiger charge is 2.32. The van der Waals surface area contributed by atoms with Crippen LogP contribution in [0.4, 0.5) is 17.3 Å². The van der Waals surface area contributed by atoms with Gasteiger partial charge in [-0.1, -0.05) is 74.5 Å². The second kappa shape index (κ2) is 11.5. The smallest absolute Gasteiger partial charge is 0.249 e. The third kappa shape index (κ3) is 5.86. The molecule has 0 fully saturated rings. The number of carbonyl (C=O) groups is 2. The van der Waals surface area contributed by atoms with Crippen molar-refractivity contribution >= 4 is 29.1 Å². The van der Waals surface area contributed by atoms with Gasteiger partial charge in [0.15, 0.2) is 0 Å². The van der Waals surface area contributed by atoms with Crippen LogP contribution in [0.2, 0.25) is 0 Å². The quantitative estimate of drug-likeness (QED) is 0.266. The van der Waals surface area contributed by atoms with Gasteiger partial charge < -0.3 is 26.3 Å². The standard InChI is InChI=1S/C31H34N6O2/c1-20(2)28(32)29(38)35-26-16-15-23-7-3-6-10-27(23)37(30(26)39)19-21-11-13-22(14-12-21)24-8-4-5-9-25(24)36-31-33-17-18-34-31/h3-14,17-18,20,26,28H,15-16,19,32H2,1-2H3,(H,35,38)(H2,33,34,36)/t26-,28?/m1/s1. The summed E-state index contributed by atoms with van der Waals surface area (Å²) in [5.74, 6) is 0.243. The molecule has 8 heteroatoms. The van der Waals surface area contributed by atoms with Crippen LogP contribution in [0.3, 0.4) is 0 Å². The van der Waals surface area contributed by atoms with Crippen molar-refractivity contribution in [2.45, 2.75) is 45.3 Å². The summed E-state index contributed by atoms with van der Waals surface area (Å²) in [5.41, 5.74) is 12.1. The number of aromatic amines is 1. The molecule has 0 aliphatic carbocycles. The number of aryl methyl sites for hydroxylation is 1. The van der Waals surface area contributed by atoms with Gasteiger partial charge in [0.2, 0.25) is 17.8 Å². The topological polar surface area (TPSA) is 116 Å². The number of anilines is 3. The number of hydrogen-bond acceptors (Lipinski definition) is 5. The van der Waals surface area contributed by atoms with Crippen LogP contribution in [-0.4, -0.2) is 33.9 Å². The minimum atomic E-state index is -0.658. The maximum absolute atomic E-state index is 13.8. The number of benzene rings is 3. The van der Waals surface area contributed by atoms with Crippen molar-refractivity contribution in [1.82, 2.24) is 15.3 Å². The zero-order valence-electron chi connectivity index (χ0n) is 22.2. The van der Waals surface area contributed by atoms with Gasteiger partial charge in [0.1, 0.15) is 6.04 Å². The Hall–Kier alpha value is -4.43. The van der Waals surface area contributed by atoms with Gasteiger partial charge >= 0.3 is 0 Å². The number of amides is 2. The number of H-pyrrole nitrogens is 1. The number of hydrogen-bond donors (Lipinski definition) is 4. The first-order valence-corrected chi connectivity index (χ1v) is 13.3. The molecule has 39 heavy (non-hydrogen) atoms. The molecular formula is C31H34N6O2. The zero-order chi connectivity index (χ0) is 27.4. The van der Waals surface area contributed by atoms with Gasteiger partial charge in [0, 0.05) is 29.3 Å². The van der Waals surface area contributed by atoms with Crippen molar-refractivity contribution in [3.63, 3.8) is 0 Å². The van der Waals surface area contributed by atoms with Crippen LogP contribution >= 0.6 is 0 Å². The summed E-state index contributed by atoms with van der Waals surface area (Å²) >= 11 is 0. The molecule has 3 aromatic carbocycles. The van der Waals surface area contributed by atoms with Crippen molar-refractivity contribution < 1.29 is 9.59 Å². The van der Waals surface area contributed by atoms with E-state index in [4.69, 9.17) is 5.73 Å². The fourth-order valence-electron chi connectivity index (χ4n) is 4.86. The van der Waals surface area contributed by atoms with Crippen LogP contribution in [0, 0.1) is 5.92 Å². The second-order valence-corrected chi connectivity index (χ2v) is 10.2. The van der Waals surface area contributed by atoms with Crippen molar-refractivity contribution in [3.05, 3.63) is 96.3 Å². The summed E-state index contributed by atoms with van der Waals surface area (Å²) < 4.78 is 0. The van der Waals surface area contributed by atoms with E-state index in [0.29, 0.717) is 25.3 Å². The zero-order valence-corrected chi connectivity index (χ0v) is 22.2. The first-order valence-electron chi connectivity index (χ1n) is 13.3. The molecule has 8 nitrogen and oxygen atoms in total. The molecule has 2 atom stereocenters. The number of nitrogens with zero attached hydrogens (tertiary/aromatic N) is 2. The molecule has 0 bridgehead atoms. The van der Waals surface area contributed by atoms with E-state index in [9.17, 15) is 9.59 Å². The molecule has 1 aromatic heterocycles. The number of rotatable bonds is 8. The average Bonchev–Trinajstić information content (AvgIpc) is 3.43. The highest BCUT2D eigenvalue weighted by atomic mass is 16.2. The van der Waals surface area contributed by atoms with Gasteiger partial charge in [-0.15, -0.1) is 0 Å². The molecule has 5 N–H and O–H groups in total. The van der Waals surface area contributed by atoms with Gasteiger partial charge in [-0.25, -0.2) is 4.98 Å². The summed E-state index contributed by atoms with van der Waals surface area (Å²) in [7, 11) is 0. The Balaban J connectivity index is 1.38. The number of para-hydroxylation sites is 2. The highest BCUT2D eigenvalue weighted by molar-refractivity contribution is 6.01. The summed E-state index contributed by atoms with van der Waals surface area (Å²) in [5, 5.41) is 6.25. The second-order valence-electron chi connectivity index (χ2n) is 10.2. The Labute approximate surface area is 228 Å². The lowest BCUT2D eigenvalue weighted by molar-refractivity contribution is -0.129. The van der Waals surface area contributed by atoms with E-state index >= 15 is 0 Å². The summed E-state index contributed by atoms with van der Waals surface area (Å²) in [6.07, 6.45) is 4.70. The van der Waals surface area contributed by atoms with Gasteiger partial charge in [0.25, 0.3) is 0 Å². The number of aromatic nitrogens is 2. The lowest BCUT2D eigenvalue weighted by Gasteiger charge is -2.27. The molecule has 0 spiro atoms. The van der Waals surface area contributed by atoms with Crippen molar-refractivity contribution in [1.29, 1.82) is 0 Å². The third-order valence-electron chi connectivity index (χ3n) is 7.17. The van der Waals surface area contributed by atoms with E-state index in [2.05, 4.69) is 38.8 Å². The van der Waals surface area contributed by atoms with Crippen molar-refractivity contribution in [2.24, 2.45) is 11.7 Å². The van der Waals surface area contributed by atoms with E-state index < -0.39 is 12.1 Å². The van der Waals surface area contributed by atoms with Gasteiger partial charge in [0.05, 0.1) is 12.6 Å². The van der Waals surface area contributed by atoms with E-state index in [0.717, 1.165) is 33.6 Å². The van der Waals surface area contributed by atoms with Crippen LogP contribution in [0.15, 0.2) is 85.2 Å². The third-order valence-corrected chi connectivity index (χ3v) is 7.17. The minimum absolute atomic E-state index is 0.0166. The Bertz CT molecular complexity index is 1430. The maximum Gasteiger partial charge on any atom is 0.249 e. The fraction of sp³-hybridized carbons (Fsp3) is 0.258. The molecule has 200 valence electrons. The van der Waals surface area contributed by atoms with Crippen molar-refractivity contribution in [3.8, 4) is 11.1 Å². The molecule has 2 amide bonds. The van der Waals surface area contributed by atoms with Crippen LogP contribution in [-0.2, 0) is 22.6 Å². The predicted octanol–water partition coefficient (Wildman–Crippen LogP) is 4.77. The van der Waals surface area contributed by atoms with E-state index in [1.165, 1.54) is 0 Å². The normalized spacial score (nSPS) is 15.9. The maximum atomic E-state index is 13.8. The number of imidazole rings is 1. The molecule has 5 rings (SSSR count). The van der Waals surface area contributed by atoms with Crippen LogP contribution in [0.1, 0.15) is 31.4 Å².